The van der Waals surface area contributed by atoms with Gasteiger partial charge in [0.15, 0.2) is 0 Å². The smallest absolute Gasteiger partial charge is 0.272 e. The van der Waals surface area contributed by atoms with Crippen LogP contribution in [-0.2, 0) is 19.6 Å². The van der Waals surface area contributed by atoms with E-state index in [2.05, 4.69) is 4.89 Å². The minimum absolute atomic E-state index is 0.180. The highest BCUT2D eigenvalue weighted by Crippen LogP contribution is 2.25. The van der Waals surface area contributed by atoms with Crippen LogP contribution in [0.5, 0.6) is 0 Å². The second kappa shape index (κ2) is 5.74. The molecule has 0 spiro atoms. The van der Waals surface area contributed by atoms with Gasteiger partial charge in [-0.25, -0.2) is 8.42 Å². The van der Waals surface area contributed by atoms with Gasteiger partial charge in [-0.2, -0.15) is 0 Å². The van der Waals surface area contributed by atoms with E-state index in [1.165, 1.54) is 18.4 Å². The Labute approximate surface area is 99.4 Å². The van der Waals surface area contributed by atoms with Gasteiger partial charge >= 0.3 is 0 Å². The topological polar surface area (TPSA) is 64.6 Å². The highest BCUT2D eigenvalue weighted by molar-refractivity contribution is 7.91. The number of aryl methyl sites for hydroxylation is 2. The van der Waals surface area contributed by atoms with Gasteiger partial charge in [-0.3, -0.25) is 4.84 Å². The average Bonchev–Trinajstić information content (AvgIpc) is 2.53. The maximum Gasteiger partial charge on any atom is 0.272 e. The van der Waals surface area contributed by atoms with Crippen molar-refractivity contribution in [3.05, 3.63) is 16.5 Å². The fourth-order valence-corrected chi connectivity index (χ4v) is 3.65. The fraction of sp³-hybridized carbons (Fsp3) is 0.556. The van der Waals surface area contributed by atoms with Gasteiger partial charge in [0, 0.05) is 12.0 Å². The SMILES string of the molecule is COCCONS(=O)(=O)c1sc(C)cc1C. The van der Waals surface area contributed by atoms with Crippen molar-refractivity contribution in [2.24, 2.45) is 0 Å². The molecule has 1 aromatic rings. The third kappa shape index (κ3) is 3.53. The zero-order valence-electron chi connectivity index (χ0n) is 9.44. The molecule has 92 valence electrons. The molecule has 0 saturated carbocycles. The fourth-order valence-electron chi connectivity index (χ4n) is 1.17. The van der Waals surface area contributed by atoms with Gasteiger partial charge in [-0.05, 0) is 25.5 Å². The van der Waals surface area contributed by atoms with E-state index in [0.29, 0.717) is 10.8 Å². The Balaban J connectivity index is 2.67. The Morgan fingerprint density at radius 1 is 1.38 bits per heavy atom. The lowest BCUT2D eigenvalue weighted by Crippen LogP contribution is -2.25. The largest absolute Gasteiger partial charge is 0.382 e. The first kappa shape index (κ1) is 13.6. The third-order valence-corrected chi connectivity index (χ3v) is 4.80. The summed E-state index contributed by atoms with van der Waals surface area (Å²) in [7, 11) is -2.04. The summed E-state index contributed by atoms with van der Waals surface area (Å²) in [6, 6.07) is 1.83. The predicted molar refractivity (Wildman–Crippen MR) is 61.9 cm³/mol. The van der Waals surface area contributed by atoms with E-state index >= 15 is 0 Å². The zero-order chi connectivity index (χ0) is 12.2. The molecular weight excluding hydrogens is 250 g/mol. The summed E-state index contributed by atoms with van der Waals surface area (Å²) in [5.74, 6) is 0. The van der Waals surface area contributed by atoms with Crippen LogP contribution in [-0.4, -0.2) is 28.7 Å². The van der Waals surface area contributed by atoms with E-state index in [1.54, 1.807) is 6.92 Å². The molecule has 0 atom stereocenters. The van der Waals surface area contributed by atoms with Gasteiger partial charge < -0.3 is 4.74 Å². The van der Waals surface area contributed by atoms with E-state index < -0.39 is 10.0 Å². The maximum atomic E-state index is 11.8. The number of ether oxygens (including phenoxy) is 1. The molecule has 1 aromatic heterocycles. The first-order valence-corrected chi connectivity index (χ1v) is 6.97. The number of thiophene rings is 1. The van der Waals surface area contributed by atoms with Crippen LogP contribution in [0.25, 0.3) is 0 Å². The summed E-state index contributed by atoms with van der Waals surface area (Å²) in [5, 5.41) is 0. The third-order valence-electron chi connectivity index (χ3n) is 1.80. The van der Waals surface area contributed by atoms with E-state index in [1.807, 2.05) is 13.0 Å². The van der Waals surface area contributed by atoms with Crippen molar-refractivity contribution in [1.82, 2.24) is 4.89 Å². The second-order valence-electron chi connectivity index (χ2n) is 3.26. The molecule has 0 fully saturated rings. The highest BCUT2D eigenvalue weighted by atomic mass is 32.2. The Hall–Kier alpha value is -0.470. The molecule has 0 aromatic carbocycles. The van der Waals surface area contributed by atoms with Crippen molar-refractivity contribution in [3.8, 4) is 0 Å². The summed E-state index contributed by atoms with van der Waals surface area (Å²) in [6.45, 7) is 4.14. The van der Waals surface area contributed by atoms with Crippen molar-refractivity contribution < 1.29 is 18.0 Å². The number of hydrogen-bond donors (Lipinski definition) is 1. The average molecular weight is 265 g/mol. The van der Waals surface area contributed by atoms with Gasteiger partial charge in [-0.15, -0.1) is 11.3 Å². The van der Waals surface area contributed by atoms with E-state index in [4.69, 9.17) is 9.57 Å². The van der Waals surface area contributed by atoms with Crippen molar-refractivity contribution in [1.29, 1.82) is 0 Å². The summed E-state index contributed by atoms with van der Waals surface area (Å²) >= 11 is 1.22. The number of hydrogen-bond acceptors (Lipinski definition) is 5. The molecule has 0 aliphatic heterocycles. The van der Waals surface area contributed by atoms with Crippen LogP contribution in [0.2, 0.25) is 0 Å². The highest BCUT2D eigenvalue weighted by Gasteiger charge is 2.19. The minimum Gasteiger partial charge on any atom is -0.382 e. The monoisotopic (exact) mass is 265 g/mol. The molecule has 7 heteroatoms. The number of sulfonamides is 1. The van der Waals surface area contributed by atoms with Gasteiger partial charge in [0.2, 0.25) is 0 Å². The molecule has 0 radical (unpaired) electrons. The lowest BCUT2D eigenvalue weighted by atomic mass is 10.4. The molecule has 0 amide bonds. The van der Waals surface area contributed by atoms with Crippen LogP contribution in [0.4, 0.5) is 0 Å². The van der Waals surface area contributed by atoms with Crippen molar-refractivity contribution >= 4 is 21.4 Å². The van der Waals surface area contributed by atoms with E-state index in [-0.39, 0.29) is 6.61 Å². The number of rotatable bonds is 6. The van der Waals surface area contributed by atoms with Gasteiger partial charge in [0.05, 0.1) is 13.2 Å². The lowest BCUT2D eigenvalue weighted by Gasteiger charge is -2.05. The molecule has 0 aliphatic rings. The summed E-state index contributed by atoms with van der Waals surface area (Å²) in [5.41, 5.74) is 0.727. The van der Waals surface area contributed by atoms with Gasteiger partial charge in [0.1, 0.15) is 4.21 Å². The second-order valence-corrected chi connectivity index (χ2v) is 6.35. The Morgan fingerprint density at radius 3 is 2.56 bits per heavy atom. The zero-order valence-corrected chi connectivity index (χ0v) is 11.1. The van der Waals surface area contributed by atoms with Crippen LogP contribution in [0.3, 0.4) is 0 Å². The van der Waals surface area contributed by atoms with Crippen molar-refractivity contribution in [3.63, 3.8) is 0 Å². The van der Waals surface area contributed by atoms with Crippen LogP contribution in [0, 0.1) is 13.8 Å². The first-order chi connectivity index (χ1) is 7.47. The number of methoxy groups -OCH3 is 1. The molecule has 0 aliphatic carbocycles. The molecule has 0 saturated heterocycles. The molecule has 5 nitrogen and oxygen atoms in total. The molecule has 1 heterocycles. The minimum atomic E-state index is -3.56. The first-order valence-electron chi connectivity index (χ1n) is 4.67. The van der Waals surface area contributed by atoms with Gasteiger partial charge in [0.25, 0.3) is 10.0 Å². The summed E-state index contributed by atoms with van der Waals surface area (Å²) in [4.78, 5) is 7.82. The van der Waals surface area contributed by atoms with Crippen LogP contribution >= 0.6 is 11.3 Å². The van der Waals surface area contributed by atoms with E-state index in [9.17, 15) is 8.42 Å². The Bertz CT molecular complexity index is 438. The lowest BCUT2D eigenvalue weighted by molar-refractivity contribution is 0.0439. The standard InChI is InChI=1S/C9H15NO4S2/c1-7-6-8(2)15-9(7)16(11,12)10-14-5-4-13-3/h6,10H,4-5H2,1-3H3. The number of nitrogens with one attached hydrogen (secondary N) is 1. The molecule has 1 N–H and O–H groups in total. The van der Waals surface area contributed by atoms with E-state index in [0.717, 1.165) is 10.4 Å². The van der Waals surface area contributed by atoms with Crippen molar-refractivity contribution in [2.45, 2.75) is 18.1 Å². The molecule has 1 rings (SSSR count). The summed E-state index contributed by atoms with van der Waals surface area (Å²) in [6.07, 6.45) is 0. The molecule has 0 bridgehead atoms. The normalized spacial score (nSPS) is 11.9. The van der Waals surface area contributed by atoms with Gasteiger partial charge in [-0.1, -0.05) is 4.89 Å². The maximum absolute atomic E-state index is 11.8. The predicted octanol–water partition coefficient (Wildman–Crippen LogP) is 1.22. The van der Waals surface area contributed by atoms with Crippen molar-refractivity contribution in [2.75, 3.05) is 20.3 Å². The molecule has 16 heavy (non-hydrogen) atoms. The van der Waals surface area contributed by atoms with Crippen LogP contribution < -0.4 is 4.89 Å². The Kier molecular flexibility index (Phi) is 4.88. The summed E-state index contributed by atoms with van der Waals surface area (Å²) < 4.78 is 28.6. The quantitative estimate of drug-likeness (QED) is 0.620. The molecule has 0 unspecified atom stereocenters. The molecular formula is C9H15NO4S2. The van der Waals surface area contributed by atoms with Crippen LogP contribution in [0.15, 0.2) is 10.3 Å². The Morgan fingerprint density at radius 2 is 2.06 bits per heavy atom. The van der Waals surface area contributed by atoms with Crippen LogP contribution in [0.1, 0.15) is 10.4 Å².